The molecule has 0 aromatic heterocycles. The highest BCUT2D eigenvalue weighted by Crippen LogP contribution is 2.31. The molecule has 0 spiro atoms. The summed E-state index contributed by atoms with van der Waals surface area (Å²) in [4.78, 5) is 5.60. The van der Waals surface area contributed by atoms with Crippen LogP contribution in [0.3, 0.4) is 0 Å². The van der Waals surface area contributed by atoms with Crippen molar-refractivity contribution in [2.75, 3.05) is 32.7 Å². The predicted molar refractivity (Wildman–Crippen MR) is 89.7 cm³/mol. The molecule has 21 heavy (non-hydrogen) atoms. The molecule has 3 rings (SSSR count). The molecule has 0 aromatic rings. The molecule has 4 unspecified atom stereocenters. The minimum absolute atomic E-state index is 0.749. The van der Waals surface area contributed by atoms with E-state index >= 15 is 0 Å². The van der Waals surface area contributed by atoms with Gasteiger partial charge in [-0.1, -0.05) is 13.8 Å². The van der Waals surface area contributed by atoms with E-state index in [-0.39, 0.29) is 0 Å². The van der Waals surface area contributed by atoms with E-state index in [1.165, 1.54) is 77.7 Å². The van der Waals surface area contributed by atoms with E-state index in [9.17, 15) is 0 Å². The van der Waals surface area contributed by atoms with Crippen LogP contribution in [0.5, 0.6) is 0 Å². The molecule has 122 valence electrons. The zero-order chi connectivity index (χ0) is 14.7. The zero-order valence-corrected chi connectivity index (χ0v) is 14.2. The molecule has 1 N–H and O–H groups in total. The van der Waals surface area contributed by atoms with Crippen LogP contribution in [-0.2, 0) is 0 Å². The Labute approximate surface area is 131 Å². The van der Waals surface area contributed by atoms with Crippen LogP contribution >= 0.6 is 0 Å². The van der Waals surface area contributed by atoms with Gasteiger partial charge in [-0.3, -0.25) is 9.80 Å². The number of rotatable bonds is 5. The largest absolute Gasteiger partial charge is 0.312 e. The average Bonchev–Trinajstić information content (AvgIpc) is 3.16. The van der Waals surface area contributed by atoms with E-state index in [0.29, 0.717) is 0 Å². The number of nitrogens with one attached hydrogen (secondary N) is 1. The van der Waals surface area contributed by atoms with Crippen LogP contribution in [-0.4, -0.2) is 60.6 Å². The maximum absolute atomic E-state index is 3.85. The van der Waals surface area contributed by atoms with Crippen LogP contribution in [0.25, 0.3) is 0 Å². The first-order valence-corrected chi connectivity index (χ1v) is 9.49. The van der Waals surface area contributed by atoms with E-state index in [4.69, 9.17) is 0 Å². The van der Waals surface area contributed by atoms with Crippen LogP contribution in [0.4, 0.5) is 0 Å². The van der Waals surface area contributed by atoms with Crippen molar-refractivity contribution < 1.29 is 0 Å². The van der Waals surface area contributed by atoms with E-state index in [1.807, 2.05) is 0 Å². The molecule has 3 heteroatoms. The van der Waals surface area contributed by atoms with Crippen molar-refractivity contribution >= 4 is 0 Å². The van der Waals surface area contributed by atoms with Crippen molar-refractivity contribution in [3.05, 3.63) is 0 Å². The smallest absolute Gasteiger partial charge is 0.0252 e. The molecule has 0 bridgehead atoms. The second-order valence-electron chi connectivity index (χ2n) is 7.73. The Bertz CT molecular complexity index is 312. The zero-order valence-electron chi connectivity index (χ0n) is 14.2. The molecular weight excluding hydrogens is 258 g/mol. The lowest BCUT2D eigenvalue weighted by molar-refractivity contribution is 0.114. The minimum Gasteiger partial charge on any atom is -0.312 e. The molecule has 0 aromatic carbocycles. The van der Waals surface area contributed by atoms with Gasteiger partial charge in [-0.05, 0) is 70.5 Å². The van der Waals surface area contributed by atoms with Crippen molar-refractivity contribution in [3.63, 3.8) is 0 Å². The highest BCUT2D eigenvalue weighted by atomic mass is 15.3. The first-order chi connectivity index (χ1) is 10.3. The molecule has 3 fully saturated rings. The van der Waals surface area contributed by atoms with Gasteiger partial charge in [-0.15, -0.1) is 0 Å². The Morgan fingerprint density at radius 1 is 1.00 bits per heavy atom. The van der Waals surface area contributed by atoms with E-state index < -0.39 is 0 Å². The quantitative estimate of drug-likeness (QED) is 0.841. The Morgan fingerprint density at radius 3 is 2.57 bits per heavy atom. The van der Waals surface area contributed by atoms with E-state index in [0.717, 1.165) is 24.0 Å². The summed E-state index contributed by atoms with van der Waals surface area (Å²) >= 11 is 0. The topological polar surface area (TPSA) is 18.5 Å². The van der Waals surface area contributed by atoms with Gasteiger partial charge in [-0.2, -0.15) is 0 Å². The highest BCUT2D eigenvalue weighted by molar-refractivity contribution is 4.95. The van der Waals surface area contributed by atoms with Gasteiger partial charge in [0.05, 0.1) is 0 Å². The summed E-state index contributed by atoms with van der Waals surface area (Å²) in [5.41, 5.74) is 0. The van der Waals surface area contributed by atoms with Gasteiger partial charge in [-0.25, -0.2) is 0 Å². The van der Waals surface area contributed by atoms with Crippen LogP contribution in [0.2, 0.25) is 0 Å². The third kappa shape index (κ3) is 3.80. The van der Waals surface area contributed by atoms with E-state index in [1.54, 1.807) is 0 Å². The Kier molecular flexibility index (Phi) is 5.58. The minimum atomic E-state index is 0.749. The van der Waals surface area contributed by atoms with Crippen LogP contribution in [0.15, 0.2) is 0 Å². The third-order valence-corrected chi connectivity index (χ3v) is 6.06. The van der Waals surface area contributed by atoms with Crippen LogP contribution in [0.1, 0.15) is 58.8 Å². The summed E-state index contributed by atoms with van der Waals surface area (Å²) in [5, 5.41) is 3.85. The van der Waals surface area contributed by atoms with Gasteiger partial charge < -0.3 is 5.32 Å². The Morgan fingerprint density at radius 2 is 1.81 bits per heavy atom. The fourth-order valence-electron chi connectivity index (χ4n) is 4.80. The number of nitrogens with zero attached hydrogens (tertiary/aromatic N) is 2. The SMILES string of the molecule is CCCNC1CCC(C)CC1N1CCC(N2CCCC2)C1. The number of likely N-dealkylation sites (tertiary alicyclic amines) is 2. The first-order valence-electron chi connectivity index (χ1n) is 9.49. The van der Waals surface area contributed by atoms with Crippen LogP contribution < -0.4 is 5.32 Å². The molecule has 1 saturated carbocycles. The molecule has 2 heterocycles. The summed E-state index contributed by atoms with van der Waals surface area (Å²) in [6, 6.07) is 2.41. The summed E-state index contributed by atoms with van der Waals surface area (Å²) in [6.07, 6.45) is 9.74. The Balaban J connectivity index is 1.57. The fourth-order valence-corrected chi connectivity index (χ4v) is 4.80. The molecule has 0 amide bonds. The molecule has 3 nitrogen and oxygen atoms in total. The fraction of sp³-hybridized carbons (Fsp3) is 1.00. The summed E-state index contributed by atoms with van der Waals surface area (Å²) in [5.74, 6) is 0.917. The lowest BCUT2D eigenvalue weighted by Gasteiger charge is -2.41. The first kappa shape index (κ1) is 15.8. The molecular formula is C18H35N3. The van der Waals surface area contributed by atoms with Gasteiger partial charge in [0.25, 0.3) is 0 Å². The molecule has 0 radical (unpaired) electrons. The van der Waals surface area contributed by atoms with Gasteiger partial charge in [0, 0.05) is 31.2 Å². The molecule has 3 aliphatic rings. The lowest BCUT2D eigenvalue weighted by atomic mass is 9.82. The predicted octanol–water partition coefficient (Wildman–Crippen LogP) is 2.71. The summed E-state index contributed by atoms with van der Waals surface area (Å²) in [7, 11) is 0. The Hall–Kier alpha value is -0.120. The molecule has 4 atom stereocenters. The monoisotopic (exact) mass is 293 g/mol. The van der Waals surface area contributed by atoms with Crippen LogP contribution in [0, 0.1) is 5.92 Å². The van der Waals surface area contributed by atoms with Crippen molar-refractivity contribution in [2.24, 2.45) is 5.92 Å². The van der Waals surface area contributed by atoms with E-state index in [2.05, 4.69) is 29.0 Å². The maximum atomic E-state index is 3.85. The van der Waals surface area contributed by atoms with Gasteiger partial charge in [0.15, 0.2) is 0 Å². The summed E-state index contributed by atoms with van der Waals surface area (Å²) < 4.78 is 0. The normalized spacial score (nSPS) is 39.1. The molecule has 2 saturated heterocycles. The standard InChI is InChI=1S/C18H35N3/c1-3-9-19-17-7-6-15(2)13-18(17)21-12-8-16(14-21)20-10-4-5-11-20/h15-19H,3-14H2,1-2H3. The molecule has 2 aliphatic heterocycles. The lowest BCUT2D eigenvalue weighted by Crippen LogP contribution is -2.53. The molecule has 1 aliphatic carbocycles. The second kappa shape index (κ2) is 7.43. The highest BCUT2D eigenvalue weighted by Gasteiger charge is 2.38. The average molecular weight is 293 g/mol. The van der Waals surface area contributed by atoms with Gasteiger partial charge >= 0.3 is 0 Å². The van der Waals surface area contributed by atoms with Crippen molar-refractivity contribution in [3.8, 4) is 0 Å². The van der Waals surface area contributed by atoms with Crippen molar-refractivity contribution in [1.82, 2.24) is 15.1 Å². The van der Waals surface area contributed by atoms with Gasteiger partial charge in [0.2, 0.25) is 0 Å². The van der Waals surface area contributed by atoms with Crippen molar-refractivity contribution in [2.45, 2.75) is 76.9 Å². The maximum Gasteiger partial charge on any atom is 0.0252 e. The second-order valence-corrected chi connectivity index (χ2v) is 7.73. The summed E-state index contributed by atoms with van der Waals surface area (Å²) in [6.45, 7) is 11.3. The third-order valence-electron chi connectivity index (χ3n) is 6.06. The number of hydrogen-bond donors (Lipinski definition) is 1. The number of hydrogen-bond acceptors (Lipinski definition) is 3. The van der Waals surface area contributed by atoms with Crippen molar-refractivity contribution in [1.29, 1.82) is 0 Å². The van der Waals surface area contributed by atoms with Gasteiger partial charge in [0.1, 0.15) is 0 Å².